The van der Waals surface area contributed by atoms with Crippen molar-refractivity contribution in [2.75, 3.05) is 5.32 Å². The van der Waals surface area contributed by atoms with E-state index < -0.39 is 5.25 Å². The summed E-state index contributed by atoms with van der Waals surface area (Å²) in [4.78, 5) is 24.1. The SMILES string of the molecule is CC(=N/N=C1\NC(=O)C(CC(=O)Nc2ccccc2C#N)S1)C(C)C. The van der Waals surface area contributed by atoms with Gasteiger partial charge in [-0.2, -0.15) is 10.4 Å². The molecule has 0 saturated carbocycles. The second-order valence-electron chi connectivity index (χ2n) is 5.81. The smallest absolute Gasteiger partial charge is 0.240 e. The molecule has 7 nitrogen and oxygen atoms in total. The Morgan fingerprint density at radius 3 is 2.84 bits per heavy atom. The Balaban J connectivity index is 1.98. The molecule has 1 atom stereocenters. The quantitative estimate of drug-likeness (QED) is 0.623. The Bertz CT molecular complexity index is 779. The number of nitrogens with zero attached hydrogens (tertiary/aromatic N) is 3. The second kappa shape index (κ2) is 8.44. The zero-order valence-electron chi connectivity index (χ0n) is 14.2. The average molecular weight is 357 g/mol. The van der Waals surface area contributed by atoms with Gasteiger partial charge >= 0.3 is 0 Å². The first-order valence-electron chi connectivity index (χ1n) is 7.79. The Labute approximate surface area is 150 Å². The van der Waals surface area contributed by atoms with Crippen molar-refractivity contribution in [3.8, 4) is 6.07 Å². The third kappa shape index (κ3) is 5.16. The highest BCUT2D eigenvalue weighted by Crippen LogP contribution is 2.23. The molecule has 0 radical (unpaired) electrons. The number of anilines is 1. The number of para-hydroxylation sites is 1. The number of benzene rings is 1. The third-order valence-electron chi connectivity index (χ3n) is 3.60. The van der Waals surface area contributed by atoms with Crippen LogP contribution < -0.4 is 10.6 Å². The van der Waals surface area contributed by atoms with E-state index in [1.165, 1.54) is 11.8 Å². The molecular weight excluding hydrogens is 338 g/mol. The number of carbonyl (C=O) groups excluding carboxylic acids is 2. The van der Waals surface area contributed by atoms with Gasteiger partial charge in [-0.3, -0.25) is 9.59 Å². The van der Waals surface area contributed by atoms with Gasteiger partial charge in [0.25, 0.3) is 0 Å². The highest BCUT2D eigenvalue weighted by Gasteiger charge is 2.32. The van der Waals surface area contributed by atoms with Gasteiger partial charge in [-0.05, 0) is 25.0 Å². The summed E-state index contributed by atoms with van der Waals surface area (Å²) < 4.78 is 0. The van der Waals surface area contributed by atoms with Crippen LogP contribution in [-0.4, -0.2) is 27.9 Å². The van der Waals surface area contributed by atoms with Gasteiger partial charge in [0.05, 0.1) is 11.3 Å². The summed E-state index contributed by atoms with van der Waals surface area (Å²) in [6, 6.07) is 8.73. The van der Waals surface area contributed by atoms with E-state index in [1.807, 2.05) is 26.8 Å². The van der Waals surface area contributed by atoms with Gasteiger partial charge in [0.15, 0.2) is 5.17 Å². The number of nitrogens with one attached hydrogen (secondary N) is 2. The number of amidine groups is 1. The van der Waals surface area contributed by atoms with Crippen LogP contribution in [0.1, 0.15) is 32.8 Å². The Morgan fingerprint density at radius 2 is 2.16 bits per heavy atom. The van der Waals surface area contributed by atoms with Crippen molar-refractivity contribution >= 4 is 40.1 Å². The summed E-state index contributed by atoms with van der Waals surface area (Å²) in [6.45, 7) is 5.88. The largest absolute Gasteiger partial charge is 0.325 e. The lowest BCUT2D eigenvalue weighted by Gasteiger charge is -2.08. The summed E-state index contributed by atoms with van der Waals surface area (Å²) in [5.74, 6) is -0.337. The van der Waals surface area contributed by atoms with E-state index in [2.05, 4.69) is 20.8 Å². The minimum Gasteiger partial charge on any atom is -0.325 e. The first-order valence-corrected chi connectivity index (χ1v) is 8.67. The standard InChI is InChI=1S/C17H19N5O2S/c1-10(2)11(3)21-22-17-20-16(24)14(25-17)8-15(23)19-13-7-5-4-6-12(13)9-18/h4-7,10,14H,8H2,1-3H3,(H,19,23)(H,20,22,24). The number of nitriles is 1. The Hall–Kier alpha value is -2.66. The Morgan fingerprint density at radius 1 is 1.44 bits per heavy atom. The van der Waals surface area contributed by atoms with Gasteiger partial charge in [-0.15, -0.1) is 5.10 Å². The molecule has 1 fully saturated rings. The summed E-state index contributed by atoms with van der Waals surface area (Å²) >= 11 is 1.18. The summed E-state index contributed by atoms with van der Waals surface area (Å²) in [5.41, 5.74) is 1.67. The predicted molar refractivity (Wildman–Crippen MR) is 99.3 cm³/mol. The highest BCUT2D eigenvalue weighted by atomic mass is 32.2. The van der Waals surface area contributed by atoms with Gasteiger partial charge in [0, 0.05) is 12.1 Å². The maximum atomic E-state index is 12.2. The van der Waals surface area contributed by atoms with Gasteiger partial charge in [-0.25, -0.2) is 0 Å². The third-order valence-corrected chi connectivity index (χ3v) is 4.68. The minimum absolute atomic E-state index is 0.0117. The second-order valence-corrected chi connectivity index (χ2v) is 7.00. The molecule has 1 aliphatic rings. The molecule has 8 heteroatoms. The van der Waals surface area contributed by atoms with E-state index in [4.69, 9.17) is 5.26 Å². The zero-order chi connectivity index (χ0) is 18.4. The van der Waals surface area contributed by atoms with E-state index in [-0.39, 0.29) is 24.2 Å². The molecular formula is C17H19N5O2S. The van der Waals surface area contributed by atoms with E-state index >= 15 is 0 Å². The van der Waals surface area contributed by atoms with Crippen LogP contribution in [0.15, 0.2) is 34.5 Å². The molecule has 2 amide bonds. The first kappa shape index (κ1) is 18.7. The lowest BCUT2D eigenvalue weighted by molar-refractivity contribution is -0.122. The lowest BCUT2D eigenvalue weighted by Crippen LogP contribution is -2.28. The topological polar surface area (TPSA) is 107 Å². The van der Waals surface area contributed by atoms with Crippen LogP contribution in [0.4, 0.5) is 5.69 Å². The molecule has 0 spiro atoms. The van der Waals surface area contributed by atoms with Gasteiger partial charge in [0.2, 0.25) is 11.8 Å². The predicted octanol–water partition coefficient (Wildman–Crippen LogP) is 2.51. The lowest BCUT2D eigenvalue weighted by atomic mass is 10.1. The fourth-order valence-electron chi connectivity index (χ4n) is 1.89. The monoisotopic (exact) mass is 357 g/mol. The number of amides is 2. The fourth-order valence-corrected chi connectivity index (χ4v) is 2.80. The van der Waals surface area contributed by atoms with Crippen LogP contribution in [0.2, 0.25) is 0 Å². The first-order chi connectivity index (χ1) is 11.9. The molecule has 0 bridgehead atoms. The van der Waals surface area contributed by atoms with Gasteiger partial charge in [-0.1, -0.05) is 37.7 Å². The van der Waals surface area contributed by atoms with Crippen LogP contribution in [0, 0.1) is 17.2 Å². The molecule has 1 unspecified atom stereocenters. The number of rotatable bonds is 5. The molecule has 1 aromatic carbocycles. The molecule has 2 N–H and O–H groups in total. The highest BCUT2D eigenvalue weighted by molar-refractivity contribution is 8.15. The summed E-state index contributed by atoms with van der Waals surface area (Å²) in [5, 5.41) is 22.3. The maximum Gasteiger partial charge on any atom is 0.240 e. The molecule has 0 aliphatic carbocycles. The number of hydrogen-bond acceptors (Lipinski definition) is 6. The van der Waals surface area contributed by atoms with Crippen molar-refractivity contribution in [2.45, 2.75) is 32.4 Å². The normalized spacial score (nSPS) is 19.0. The molecule has 25 heavy (non-hydrogen) atoms. The maximum absolute atomic E-state index is 12.2. The molecule has 2 rings (SSSR count). The van der Waals surface area contributed by atoms with Crippen molar-refractivity contribution in [1.82, 2.24) is 5.32 Å². The molecule has 1 aliphatic heterocycles. The Kier molecular flexibility index (Phi) is 6.31. The van der Waals surface area contributed by atoms with Gasteiger partial charge < -0.3 is 10.6 Å². The van der Waals surface area contributed by atoms with Crippen molar-refractivity contribution < 1.29 is 9.59 Å². The van der Waals surface area contributed by atoms with Crippen LogP contribution in [-0.2, 0) is 9.59 Å². The van der Waals surface area contributed by atoms with Crippen molar-refractivity contribution in [3.05, 3.63) is 29.8 Å². The number of hydrogen-bond donors (Lipinski definition) is 2. The van der Waals surface area contributed by atoms with Crippen molar-refractivity contribution in [3.63, 3.8) is 0 Å². The fraction of sp³-hybridized carbons (Fsp3) is 0.353. The number of carbonyl (C=O) groups is 2. The average Bonchev–Trinajstić information content (AvgIpc) is 2.92. The molecule has 1 aromatic rings. The van der Waals surface area contributed by atoms with Crippen LogP contribution in [0.5, 0.6) is 0 Å². The number of thioether (sulfide) groups is 1. The van der Waals surface area contributed by atoms with Gasteiger partial charge in [0.1, 0.15) is 11.3 Å². The van der Waals surface area contributed by atoms with E-state index in [0.717, 1.165) is 5.71 Å². The summed E-state index contributed by atoms with van der Waals surface area (Å²) in [6.07, 6.45) is -0.0117. The van der Waals surface area contributed by atoms with Crippen LogP contribution in [0.25, 0.3) is 0 Å². The molecule has 1 saturated heterocycles. The van der Waals surface area contributed by atoms with Crippen molar-refractivity contribution in [2.24, 2.45) is 16.1 Å². The molecule has 0 aromatic heterocycles. The molecule has 130 valence electrons. The van der Waals surface area contributed by atoms with E-state index in [1.54, 1.807) is 24.3 Å². The van der Waals surface area contributed by atoms with Crippen molar-refractivity contribution in [1.29, 1.82) is 5.26 Å². The van der Waals surface area contributed by atoms with E-state index in [9.17, 15) is 9.59 Å². The van der Waals surface area contributed by atoms with Crippen LogP contribution in [0.3, 0.4) is 0 Å². The summed E-state index contributed by atoms with van der Waals surface area (Å²) in [7, 11) is 0. The van der Waals surface area contributed by atoms with Crippen LogP contribution >= 0.6 is 11.8 Å². The molecule has 1 heterocycles. The minimum atomic E-state index is -0.567. The zero-order valence-corrected chi connectivity index (χ0v) is 15.1. The van der Waals surface area contributed by atoms with E-state index in [0.29, 0.717) is 16.4 Å².